The summed E-state index contributed by atoms with van der Waals surface area (Å²) < 4.78 is 10.1. The lowest BCUT2D eigenvalue weighted by Crippen LogP contribution is -1.96. The van der Waals surface area contributed by atoms with Crippen LogP contribution in [0.25, 0.3) is 0 Å². The van der Waals surface area contributed by atoms with E-state index in [-0.39, 0.29) is 19.0 Å². The number of rotatable bonds is 5. The molecule has 0 aliphatic carbocycles. The van der Waals surface area contributed by atoms with Gasteiger partial charge < -0.3 is 14.9 Å². The van der Waals surface area contributed by atoms with Gasteiger partial charge in [0.05, 0.1) is 6.16 Å². The Balaban J connectivity index is 0. The van der Waals surface area contributed by atoms with Crippen LogP contribution >= 0.6 is 7.60 Å². The van der Waals surface area contributed by atoms with Crippen molar-refractivity contribution >= 4 is 13.6 Å². The van der Waals surface area contributed by atoms with Gasteiger partial charge in [-0.25, -0.2) is 0 Å². The lowest BCUT2D eigenvalue weighted by molar-refractivity contribution is -0.137. The molecule has 0 fully saturated rings. The first-order valence-corrected chi connectivity index (χ1v) is 6.39. The number of unbranched alkanes of at least 4 members (excludes halogenated alkanes) is 1. The molecule has 0 bridgehead atoms. The zero-order valence-electron chi connectivity index (χ0n) is 8.64. The molecule has 0 atom stereocenters. The van der Waals surface area contributed by atoms with E-state index in [1.807, 2.05) is 0 Å². The van der Waals surface area contributed by atoms with E-state index >= 15 is 0 Å². The molecule has 0 spiro atoms. The predicted molar refractivity (Wildman–Crippen MR) is 54.4 cm³/mol. The van der Waals surface area contributed by atoms with Gasteiger partial charge in [0.1, 0.15) is 0 Å². The fourth-order valence-electron chi connectivity index (χ4n) is 0.436. The lowest BCUT2D eigenvalue weighted by atomic mass is 10.3. The average molecular weight is 226 g/mol. The van der Waals surface area contributed by atoms with Crippen LogP contribution in [-0.4, -0.2) is 27.0 Å². The molecule has 0 saturated carbocycles. The summed E-state index contributed by atoms with van der Waals surface area (Å²) in [6, 6.07) is 0. The van der Waals surface area contributed by atoms with E-state index in [2.05, 4.69) is 13.8 Å². The zero-order valence-corrected chi connectivity index (χ0v) is 9.54. The summed E-state index contributed by atoms with van der Waals surface area (Å²) in [6.45, 7) is 4.36. The largest absolute Gasteiger partial charge is 0.481 e. The summed E-state index contributed by atoms with van der Waals surface area (Å²) in [5.74, 6) is -1.03. The van der Waals surface area contributed by atoms with Crippen molar-refractivity contribution in [3.05, 3.63) is 0 Å². The monoisotopic (exact) mass is 226 g/mol. The van der Waals surface area contributed by atoms with Crippen molar-refractivity contribution in [3.63, 3.8) is 0 Å². The number of aliphatic carboxylic acids is 1. The average Bonchev–Trinajstić information content (AvgIpc) is 2.02. The van der Waals surface area contributed by atoms with Crippen molar-refractivity contribution in [3.8, 4) is 0 Å². The van der Waals surface area contributed by atoms with E-state index in [9.17, 15) is 9.36 Å². The molecule has 0 aliphatic heterocycles. The molecule has 0 rings (SSSR count). The summed E-state index contributed by atoms with van der Waals surface area (Å²) >= 11 is 0. The number of carboxylic acid groups (broad SMARTS) is 1. The van der Waals surface area contributed by atoms with Crippen LogP contribution in [0.1, 0.15) is 39.5 Å². The molecule has 3 N–H and O–H groups in total. The Morgan fingerprint density at radius 1 is 1.21 bits per heavy atom. The first-order chi connectivity index (χ1) is 6.33. The molecule has 0 heterocycles. The smallest absolute Gasteiger partial charge is 0.325 e. The number of carbonyl (C=O) groups is 1. The van der Waals surface area contributed by atoms with E-state index < -0.39 is 13.6 Å². The minimum atomic E-state index is -3.99. The van der Waals surface area contributed by atoms with E-state index in [0.717, 1.165) is 0 Å². The molecule has 14 heavy (non-hydrogen) atoms. The van der Waals surface area contributed by atoms with E-state index in [1.165, 1.54) is 12.8 Å². The Bertz CT molecular complexity index is 184. The predicted octanol–water partition coefficient (Wildman–Crippen LogP) is 1.84. The highest BCUT2D eigenvalue weighted by atomic mass is 31.2. The third kappa shape index (κ3) is 22.6. The maximum atomic E-state index is 10.1. The van der Waals surface area contributed by atoms with Gasteiger partial charge in [0.15, 0.2) is 0 Å². The van der Waals surface area contributed by atoms with Gasteiger partial charge in [-0.05, 0) is 6.42 Å². The van der Waals surface area contributed by atoms with Crippen LogP contribution in [-0.2, 0) is 9.36 Å². The number of hydrogen-bond acceptors (Lipinski definition) is 2. The van der Waals surface area contributed by atoms with Crippen molar-refractivity contribution < 1.29 is 24.3 Å². The molecule has 0 saturated heterocycles. The standard InChI is InChI=1S/C4H9O5P.C4H10/c5-4(6)2-1-3-10(7,8)9;1-3-4-2/h1-3H2,(H,5,6)(H2,7,8,9);3-4H2,1-2H3. The third-order valence-corrected chi connectivity index (χ3v) is 2.24. The first kappa shape index (κ1) is 16.1. The summed E-state index contributed by atoms with van der Waals surface area (Å²) in [6.07, 6.45) is 2.13. The Hall–Kier alpha value is -0.380. The highest BCUT2D eigenvalue weighted by Gasteiger charge is 2.12. The van der Waals surface area contributed by atoms with Gasteiger partial charge in [-0.1, -0.05) is 26.7 Å². The van der Waals surface area contributed by atoms with Crippen LogP contribution in [0.15, 0.2) is 0 Å². The van der Waals surface area contributed by atoms with Gasteiger partial charge in [0.25, 0.3) is 0 Å². The molecule has 0 amide bonds. The number of hydrogen-bond donors (Lipinski definition) is 3. The molecule has 86 valence electrons. The molecular formula is C8H19O5P. The van der Waals surface area contributed by atoms with Gasteiger partial charge in [0, 0.05) is 6.42 Å². The Kier molecular flexibility index (Phi) is 10.5. The first-order valence-electron chi connectivity index (χ1n) is 4.59. The third-order valence-electron chi connectivity index (χ3n) is 1.34. The fraction of sp³-hybridized carbons (Fsp3) is 0.875. The van der Waals surface area contributed by atoms with Gasteiger partial charge in [-0.15, -0.1) is 0 Å². The molecular weight excluding hydrogens is 207 g/mol. The zero-order chi connectivity index (χ0) is 11.6. The van der Waals surface area contributed by atoms with Crippen molar-refractivity contribution in [1.29, 1.82) is 0 Å². The molecule has 0 radical (unpaired) electrons. The minimum Gasteiger partial charge on any atom is -0.481 e. The highest BCUT2D eigenvalue weighted by Crippen LogP contribution is 2.35. The van der Waals surface area contributed by atoms with Crippen LogP contribution in [0, 0.1) is 0 Å². The minimum absolute atomic E-state index is 0.0274. The highest BCUT2D eigenvalue weighted by molar-refractivity contribution is 7.51. The second kappa shape index (κ2) is 9.19. The maximum absolute atomic E-state index is 10.1. The molecule has 0 unspecified atom stereocenters. The van der Waals surface area contributed by atoms with Gasteiger partial charge >= 0.3 is 13.6 Å². The molecule has 6 heteroatoms. The van der Waals surface area contributed by atoms with Crippen LogP contribution in [0.5, 0.6) is 0 Å². The fourth-order valence-corrected chi connectivity index (χ4v) is 1.01. The van der Waals surface area contributed by atoms with E-state index in [0.29, 0.717) is 0 Å². The van der Waals surface area contributed by atoms with Gasteiger partial charge in [0.2, 0.25) is 0 Å². The van der Waals surface area contributed by atoms with Crippen molar-refractivity contribution in [2.75, 3.05) is 6.16 Å². The second-order valence-electron chi connectivity index (χ2n) is 2.89. The van der Waals surface area contributed by atoms with E-state index in [1.54, 1.807) is 0 Å². The molecule has 0 aromatic rings. The number of carboxylic acids is 1. The second-order valence-corrected chi connectivity index (χ2v) is 4.66. The summed E-state index contributed by atoms with van der Waals surface area (Å²) in [4.78, 5) is 26.3. The lowest BCUT2D eigenvalue weighted by Gasteiger charge is -1.99. The van der Waals surface area contributed by atoms with Crippen LogP contribution < -0.4 is 0 Å². The van der Waals surface area contributed by atoms with Gasteiger partial charge in [-0.2, -0.15) is 0 Å². The SMILES string of the molecule is CCCC.O=C(O)CCCP(=O)(O)O. The van der Waals surface area contributed by atoms with Crippen LogP contribution in [0.4, 0.5) is 0 Å². The van der Waals surface area contributed by atoms with Crippen LogP contribution in [0.3, 0.4) is 0 Å². The Labute approximate surface area is 84.3 Å². The maximum Gasteiger partial charge on any atom is 0.325 e. The molecule has 0 aliphatic rings. The quantitative estimate of drug-likeness (QED) is 0.621. The van der Waals surface area contributed by atoms with Crippen molar-refractivity contribution in [1.82, 2.24) is 0 Å². The van der Waals surface area contributed by atoms with Gasteiger partial charge in [-0.3, -0.25) is 9.36 Å². The normalized spacial score (nSPS) is 10.3. The molecule has 0 aromatic carbocycles. The summed E-state index contributed by atoms with van der Waals surface area (Å²) in [7, 11) is -3.99. The van der Waals surface area contributed by atoms with E-state index in [4.69, 9.17) is 14.9 Å². The Morgan fingerprint density at radius 2 is 1.64 bits per heavy atom. The topological polar surface area (TPSA) is 94.8 Å². The van der Waals surface area contributed by atoms with Crippen LogP contribution in [0.2, 0.25) is 0 Å². The molecule has 5 nitrogen and oxygen atoms in total. The summed E-state index contributed by atoms with van der Waals surface area (Å²) in [5, 5.41) is 8.06. The molecule has 0 aromatic heterocycles. The van der Waals surface area contributed by atoms with Crippen molar-refractivity contribution in [2.24, 2.45) is 0 Å². The summed E-state index contributed by atoms with van der Waals surface area (Å²) in [5.41, 5.74) is 0. The Morgan fingerprint density at radius 3 is 1.86 bits per heavy atom. The van der Waals surface area contributed by atoms with Crippen molar-refractivity contribution in [2.45, 2.75) is 39.5 Å².